The minimum absolute atomic E-state index is 0.789. The van der Waals surface area contributed by atoms with Gasteiger partial charge in [0.25, 0.3) is 0 Å². The quantitative estimate of drug-likeness (QED) is 0.866. The van der Waals surface area contributed by atoms with Crippen molar-refractivity contribution in [3.05, 3.63) is 29.3 Å². The van der Waals surface area contributed by atoms with Crippen LogP contribution < -0.4 is 10.2 Å². The zero-order valence-corrected chi connectivity index (χ0v) is 13.4. The van der Waals surface area contributed by atoms with Crippen molar-refractivity contribution in [3.63, 3.8) is 0 Å². The van der Waals surface area contributed by atoms with Crippen LogP contribution in [0.3, 0.4) is 0 Å². The molecular weight excluding hydrogens is 258 g/mol. The van der Waals surface area contributed by atoms with E-state index in [4.69, 9.17) is 0 Å². The van der Waals surface area contributed by atoms with Crippen molar-refractivity contribution in [2.75, 3.05) is 25.0 Å². The number of nitriles is 1. The minimum atomic E-state index is 0.789. The van der Waals surface area contributed by atoms with Crippen molar-refractivity contribution in [2.45, 2.75) is 45.6 Å². The van der Waals surface area contributed by atoms with Crippen LogP contribution in [0.15, 0.2) is 18.2 Å². The van der Waals surface area contributed by atoms with Crippen molar-refractivity contribution >= 4 is 5.69 Å². The lowest BCUT2D eigenvalue weighted by Crippen LogP contribution is -2.27. The van der Waals surface area contributed by atoms with Gasteiger partial charge in [-0.05, 0) is 43.0 Å². The molecule has 0 saturated heterocycles. The zero-order valence-electron chi connectivity index (χ0n) is 13.4. The Morgan fingerprint density at radius 2 is 2.05 bits per heavy atom. The Kier molecular flexibility index (Phi) is 6.07. The van der Waals surface area contributed by atoms with Gasteiger partial charge in [-0.2, -0.15) is 5.26 Å². The van der Waals surface area contributed by atoms with Gasteiger partial charge in [0.05, 0.1) is 11.3 Å². The molecule has 114 valence electrons. The van der Waals surface area contributed by atoms with Crippen molar-refractivity contribution in [1.82, 2.24) is 5.32 Å². The Balaban J connectivity index is 2.05. The van der Waals surface area contributed by atoms with Gasteiger partial charge >= 0.3 is 0 Å². The molecule has 0 radical (unpaired) electrons. The van der Waals surface area contributed by atoms with E-state index in [9.17, 15) is 5.26 Å². The Hall–Kier alpha value is -1.53. The highest BCUT2D eigenvalue weighted by Crippen LogP contribution is 2.27. The van der Waals surface area contributed by atoms with Crippen LogP contribution in [-0.4, -0.2) is 20.1 Å². The molecular formula is C18H27N3. The normalized spacial score (nSPS) is 15.7. The van der Waals surface area contributed by atoms with Crippen LogP contribution in [0.25, 0.3) is 0 Å². The lowest BCUT2D eigenvalue weighted by Gasteiger charge is -2.29. The van der Waals surface area contributed by atoms with E-state index in [-0.39, 0.29) is 0 Å². The Labute approximate surface area is 129 Å². The summed E-state index contributed by atoms with van der Waals surface area (Å²) in [6, 6.07) is 8.62. The number of nitrogens with zero attached hydrogens (tertiary/aromatic N) is 2. The predicted octanol–water partition coefficient (Wildman–Crippen LogP) is 3.68. The van der Waals surface area contributed by atoms with Gasteiger partial charge in [-0.25, -0.2) is 0 Å². The third-order valence-corrected chi connectivity index (χ3v) is 4.43. The number of nitrogens with one attached hydrogen (secondary N) is 1. The summed E-state index contributed by atoms with van der Waals surface area (Å²) >= 11 is 0. The van der Waals surface area contributed by atoms with Gasteiger partial charge in [0.2, 0.25) is 0 Å². The van der Waals surface area contributed by atoms with Crippen LogP contribution in [0.4, 0.5) is 5.69 Å². The lowest BCUT2D eigenvalue weighted by atomic mass is 9.89. The minimum Gasteiger partial charge on any atom is -0.373 e. The predicted molar refractivity (Wildman–Crippen MR) is 88.4 cm³/mol. The first-order valence-electron chi connectivity index (χ1n) is 8.19. The van der Waals surface area contributed by atoms with Crippen molar-refractivity contribution in [3.8, 4) is 6.07 Å². The largest absolute Gasteiger partial charge is 0.373 e. The number of hydrogen-bond acceptors (Lipinski definition) is 3. The summed E-state index contributed by atoms with van der Waals surface area (Å²) in [5, 5.41) is 12.7. The van der Waals surface area contributed by atoms with Crippen molar-refractivity contribution in [1.29, 1.82) is 5.26 Å². The molecule has 1 aliphatic carbocycles. The number of rotatable bonds is 6. The second-order valence-electron chi connectivity index (χ2n) is 6.13. The van der Waals surface area contributed by atoms with Crippen LogP contribution >= 0.6 is 0 Å². The molecule has 1 aliphatic rings. The second-order valence-corrected chi connectivity index (χ2v) is 6.13. The molecule has 3 nitrogen and oxygen atoms in total. The van der Waals surface area contributed by atoms with E-state index in [1.54, 1.807) is 0 Å². The van der Waals surface area contributed by atoms with Crippen molar-refractivity contribution < 1.29 is 0 Å². The van der Waals surface area contributed by atoms with Gasteiger partial charge in [0, 0.05) is 20.1 Å². The summed E-state index contributed by atoms with van der Waals surface area (Å²) in [6.45, 7) is 4.95. The van der Waals surface area contributed by atoms with Gasteiger partial charge in [0.15, 0.2) is 0 Å². The molecule has 1 fully saturated rings. The number of benzene rings is 1. The van der Waals surface area contributed by atoms with E-state index < -0.39 is 0 Å². The molecule has 0 aliphatic heterocycles. The maximum absolute atomic E-state index is 9.43. The van der Waals surface area contributed by atoms with E-state index in [0.717, 1.165) is 36.8 Å². The highest BCUT2D eigenvalue weighted by atomic mass is 15.1. The van der Waals surface area contributed by atoms with Crippen LogP contribution in [0.1, 0.15) is 50.2 Å². The smallest absolute Gasteiger partial charge is 0.101 e. The summed E-state index contributed by atoms with van der Waals surface area (Å²) in [5.74, 6) is 0.789. The van der Waals surface area contributed by atoms with Crippen LogP contribution in [0.5, 0.6) is 0 Å². The van der Waals surface area contributed by atoms with E-state index in [1.807, 2.05) is 6.07 Å². The van der Waals surface area contributed by atoms with Gasteiger partial charge in [0.1, 0.15) is 6.07 Å². The van der Waals surface area contributed by atoms with Crippen LogP contribution in [0, 0.1) is 17.2 Å². The van der Waals surface area contributed by atoms with Crippen LogP contribution in [-0.2, 0) is 6.54 Å². The fourth-order valence-corrected chi connectivity index (χ4v) is 3.24. The Bertz CT molecular complexity index is 484. The highest BCUT2D eigenvalue weighted by molar-refractivity contribution is 5.60. The van der Waals surface area contributed by atoms with Gasteiger partial charge in [-0.3, -0.25) is 0 Å². The van der Waals surface area contributed by atoms with Crippen LogP contribution in [0.2, 0.25) is 0 Å². The van der Waals surface area contributed by atoms with E-state index in [2.05, 4.69) is 42.4 Å². The molecule has 0 aromatic heterocycles. The highest BCUT2D eigenvalue weighted by Gasteiger charge is 2.17. The first-order valence-corrected chi connectivity index (χ1v) is 8.19. The molecule has 1 aromatic carbocycles. The molecule has 1 saturated carbocycles. The SMILES string of the molecule is CCNCc1ccc(N(C)CC2CCCCC2)c(C#N)c1. The fourth-order valence-electron chi connectivity index (χ4n) is 3.24. The number of hydrogen-bond donors (Lipinski definition) is 1. The molecule has 2 rings (SSSR count). The maximum atomic E-state index is 9.43. The standard InChI is InChI=1S/C18H27N3/c1-3-20-13-16-9-10-18(17(11-16)12-19)21(2)14-15-7-5-4-6-8-15/h9-11,15,20H,3-8,13-14H2,1-2H3. The lowest BCUT2D eigenvalue weighted by molar-refractivity contribution is 0.362. The third-order valence-electron chi connectivity index (χ3n) is 4.43. The molecule has 0 amide bonds. The second kappa shape index (κ2) is 8.05. The average molecular weight is 285 g/mol. The van der Waals surface area contributed by atoms with E-state index in [0.29, 0.717) is 0 Å². The molecule has 0 spiro atoms. The van der Waals surface area contributed by atoms with Gasteiger partial charge in [-0.1, -0.05) is 32.3 Å². The molecule has 0 heterocycles. The zero-order chi connectivity index (χ0) is 15.1. The summed E-state index contributed by atoms with van der Waals surface area (Å²) in [4.78, 5) is 2.27. The van der Waals surface area contributed by atoms with E-state index >= 15 is 0 Å². The molecule has 0 atom stereocenters. The monoisotopic (exact) mass is 285 g/mol. The summed E-state index contributed by atoms with van der Waals surface area (Å²) < 4.78 is 0. The molecule has 3 heteroatoms. The summed E-state index contributed by atoms with van der Waals surface area (Å²) in [5.41, 5.74) is 3.05. The first kappa shape index (κ1) is 15.9. The van der Waals surface area contributed by atoms with Crippen molar-refractivity contribution in [2.24, 2.45) is 5.92 Å². The number of anilines is 1. The van der Waals surface area contributed by atoms with Gasteiger partial charge in [-0.15, -0.1) is 0 Å². The topological polar surface area (TPSA) is 39.1 Å². The molecule has 1 aromatic rings. The molecule has 1 N–H and O–H groups in total. The average Bonchev–Trinajstić information content (AvgIpc) is 2.53. The molecule has 0 unspecified atom stereocenters. The molecule has 21 heavy (non-hydrogen) atoms. The third kappa shape index (κ3) is 4.47. The van der Waals surface area contributed by atoms with Gasteiger partial charge < -0.3 is 10.2 Å². The Morgan fingerprint density at radius 1 is 1.29 bits per heavy atom. The Morgan fingerprint density at radius 3 is 2.71 bits per heavy atom. The molecule has 0 bridgehead atoms. The van der Waals surface area contributed by atoms with E-state index in [1.165, 1.54) is 37.7 Å². The maximum Gasteiger partial charge on any atom is 0.101 e. The first-order chi connectivity index (χ1) is 10.2. The fraction of sp³-hybridized carbons (Fsp3) is 0.611. The summed E-state index contributed by atoms with van der Waals surface area (Å²) in [7, 11) is 2.12. The summed E-state index contributed by atoms with van der Waals surface area (Å²) in [6.07, 6.45) is 6.80.